The van der Waals surface area contributed by atoms with E-state index in [9.17, 15) is 22.4 Å². The largest absolute Gasteiger partial charge is 0.492 e. The van der Waals surface area contributed by atoms with Gasteiger partial charge in [0.15, 0.2) is 0 Å². The van der Waals surface area contributed by atoms with Crippen LogP contribution in [0.5, 0.6) is 5.75 Å². The molecule has 0 heterocycles. The molecule has 1 amide bonds. The fraction of sp³-hybridized carbons (Fsp3) is 0.188. The van der Waals surface area contributed by atoms with Crippen LogP contribution in [0.25, 0.3) is 0 Å². The highest BCUT2D eigenvalue weighted by molar-refractivity contribution is 5.94. The molecular formula is C16H13F4NO2. The molecule has 0 unspecified atom stereocenters. The topological polar surface area (TPSA) is 38.3 Å². The van der Waals surface area contributed by atoms with E-state index in [-0.39, 0.29) is 18.7 Å². The molecule has 2 aromatic rings. The number of ether oxygens (including phenoxy) is 1. The second-order valence-electron chi connectivity index (χ2n) is 4.64. The summed E-state index contributed by atoms with van der Waals surface area (Å²) in [7, 11) is 0. The van der Waals surface area contributed by atoms with Gasteiger partial charge in [-0.25, -0.2) is 4.39 Å². The summed E-state index contributed by atoms with van der Waals surface area (Å²) in [5.41, 5.74) is -0.964. The maximum atomic E-state index is 12.7. The van der Waals surface area contributed by atoms with E-state index in [0.29, 0.717) is 5.75 Å². The maximum Gasteiger partial charge on any atom is 0.416 e. The summed E-state index contributed by atoms with van der Waals surface area (Å²) in [6.45, 7) is 0.211. The summed E-state index contributed by atoms with van der Waals surface area (Å²) in [5.74, 6) is -0.589. The molecule has 0 aliphatic carbocycles. The molecule has 0 bridgehead atoms. The van der Waals surface area contributed by atoms with E-state index in [1.54, 1.807) is 0 Å². The third kappa shape index (κ3) is 4.98. The van der Waals surface area contributed by atoms with Crippen molar-refractivity contribution in [2.75, 3.05) is 13.2 Å². The van der Waals surface area contributed by atoms with Crippen LogP contribution in [0.15, 0.2) is 48.5 Å². The van der Waals surface area contributed by atoms with Gasteiger partial charge in [0.1, 0.15) is 18.2 Å². The molecule has 122 valence electrons. The van der Waals surface area contributed by atoms with E-state index in [0.717, 1.165) is 12.1 Å². The smallest absolute Gasteiger partial charge is 0.416 e. The third-order valence-corrected chi connectivity index (χ3v) is 2.92. The lowest BCUT2D eigenvalue weighted by molar-refractivity contribution is -0.137. The first-order valence-electron chi connectivity index (χ1n) is 6.70. The summed E-state index contributed by atoms with van der Waals surface area (Å²) in [6.07, 6.45) is -4.50. The van der Waals surface area contributed by atoms with E-state index in [1.165, 1.54) is 36.4 Å². The Bertz CT molecular complexity index is 669. The second kappa shape index (κ2) is 7.13. The van der Waals surface area contributed by atoms with Gasteiger partial charge in [0.2, 0.25) is 0 Å². The van der Waals surface area contributed by atoms with Crippen LogP contribution < -0.4 is 10.1 Å². The van der Waals surface area contributed by atoms with Gasteiger partial charge < -0.3 is 10.1 Å². The SMILES string of the molecule is O=C(NCCOc1ccc(F)cc1)c1cccc(C(F)(F)F)c1. The van der Waals surface area contributed by atoms with Gasteiger partial charge in [-0.15, -0.1) is 0 Å². The molecule has 0 aliphatic heterocycles. The molecule has 3 nitrogen and oxygen atoms in total. The van der Waals surface area contributed by atoms with E-state index in [1.807, 2.05) is 0 Å². The molecule has 0 aromatic heterocycles. The molecule has 2 rings (SSSR count). The molecule has 0 fully saturated rings. The van der Waals surface area contributed by atoms with Crippen molar-refractivity contribution in [2.45, 2.75) is 6.18 Å². The van der Waals surface area contributed by atoms with Gasteiger partial charge >= 0.3 is 6.18 Å². The number of carbonyl (C=O) groups is 1. The Hall–Kier alpha value is -2.57. The molecule has 23 heavy (non-hydrogen) atoms. The zero-order chi connectivity index (χ0) is 16.9. The number of alkyl halides is 3. The van der Waals surface area contributed by atoms with Crippen molar-refractivity contribution in [1.82, 2.24) is 5.32 Å². The Labute approximate surface area is 129 Å². The van der Waals surface area contributed by atoms with Gasteiger partial charge in [-0.1, -0.05) is 6.07 Å². The molecule has 0 spiro atoms. The first-order valence-corrected chi connectivity index (χ1v) is 6.70. The molecule has 1 N–H and O–H groups in total. The molecule has 7 heteroatoms. The number of rotatable bonds is 5. The summed E-state index contributed by atoms with van der Waals surface area (Å²) in [5, 5.41) is 2.45. The molecule has 0 radical (unpaired) electrons. The number of nitrogens with one attached hydrogen (secondary N) is 1. The highest BCUT2D eigenvalue weighted by Crippen LogP contribution is 2.29. The van der Waals surface area contributed by atoms with Crippen LogP contribution in [0, 0.1) is 5.82 Å². The summed E-state index contributed by atoms with van der Waals surface area (Å²) >= 11 is 0. The van der Waals surface area contributed by atoms with Crippen molar-refractivity contribution in [3.8, 4) is 5.75 Å². The van der Waals surface area contributed by atoms with Crippen LogP contribution >= 0.6 is 0 Å². The molecule has 0 saturated carbocycles. The zero-order valence-corrected chi connectivity index (χ0v) is 11.9. The summed E-state index contributed by atoms with van der Waals surface area (Å²) < 4.78 is 55.7. The van der Waals surface area contributed by atoms with Crippen LogP contribution in [0.2, 0.25) is 0 Å². The van der Waals surface area contributed by atoms with E-state index in [4.69, 9.17) is 4.74 Å². The summed E-state index contributed by atoms with van der Waals surface area (Å²) in [4.78, 5) is 11.8. The van der Waals surface area contributed by atoms with E-state index < -0.39 is 23.5 Å². The van der Waals surface area contributed by atoms with Gasteiger partial charge in [-0.2, -0.15) is 13.2 Å². The summed E-state index contributed by atoms with van der Waals surface area (Å²) in [6, 6.07) is 9.49. The average molecular weight is 327 g/mol. The quantitative estimate of drug-likeness (QED) is 0.672. The molecular weight excluding hydrogens is 314 g/mol. The lowest BCUT2D eigenvalue weighted by atomic mass is 10.1. The van der Waals surface area contributed by atoms with Crippen LogP contribution in [-0.4, -0.2) is 19.1 Å². The van der Waals surface area contributed by atoms with Crippen LogP contribution in [0.4, 0.5) is 17.6 Å². The third-order valence-electron chi connectivity index (χ3n) is 2.92. The van der Waals surface area contributed by atoms with Crippen LogP contribution in [0.3, 0.4) is 0 Å². The Balaban J connectivity index is 1.84. The van der Waals surface area contributed by atoms with Crippen molar-refractivity contribution in [2.24, 2.45) is 0 Å². The molecule has 0 aliphatic rings. The number of halogens is 4. The highest BCUT2D eigenvalue weighted by Gasteiger charge is 2.30. The number of hydrogen-bond donors (Lipinski definition) is 1. The van der Waals surface area contributed by atoms with Crippen molar-refractivity contribution < 1.29 is 27.1 Å². The minimum Gasteiger partial charge on any atom is -0.492 e. The lowest BCUT2D eigenvalue weighted by Crippen LogP contribution is -2.28. The average Bonchev–Trinajstić information content (AvgIpc) is 2.52. The Morgan fingerprint density at radius 3 is 2.43 bits per heavy atom. The number of hydrogen-bond acceptors (Lipinski definition) is 2. The van der Waals surface area contributed by atoms with Crippen molar-refractivity contribution >= 4 is 5.91 Å². The Morgan fingerprint density at radius 1 is 1.09 bits per heavy atom. The lowest BCUT2D eigenvalue weighted by Gasteiger charge is -2.10. The first-order chi connectivity index (χ1) is 10.9. The monoisotopic (exact) mass is 327 g/mol. The highest BCUT2D eigenvalue weighted by atomic mass is 19.4. The fourth-order valence-electron chi connectivity index (χ4n) is 1.80. The predicted octanol–water partition coefficient (Wildman–Crippen LogP) is 3.65. The van der Waals surface area contributed by atoms with Gasteiger partial charge in [-0.05, 0) is 42.5 Å². The van der Waals surface area contributed by atoms with Crippen molar-refractivity contribution in [1.29, 1.82) is 0 Å². The fourth-order valence-corrected chi connectivity index (χ4v) is 1.80. The van der Waals surface area contributed by atoms with Gasteiger partial charge in [0, 0.05) is 5.56 Å². The van der Waals surface area contributed by atoms with Crippen LogP contribution in [0.1, 0.15) is 15.9 Å². The van der Waals surface area contributed by atoms with Crippen LogP contribution in [-0.2, 0) is 6.18 Å². The van der Waals surface area contributed by atoms with Crippen molar-refractivity contribution in [3.05, 3.63) is 65.5 Å². The Morgan fingerprint density at radius 2 is 1.78 bits per heavy atom. The van der Waals surface area contributed by atoms with E-state index >= 15 is 0 Å². The number of carbonyl (C=O) groups excluding carboxylic acids is 1. The first kappa shape index (κ1) is 16.8. The standard InChI is InChI=1S/C16H13F4NO2/c17-13-4-6-14(7-5-13)23-9-8-21-15(22)11-2-1-3-12(10-11)16(18,19)20/h1-7,10H,8-9H2,(H,21,22). The number of amides is 1. The minimum atomic E-state index is -4.50. The second-order valence-corrected chi connectivity index (χ2v) is 4.64. The normalized spacial score (nSPS) is 11.1. The Kier molecular flexibility index (Phi) is 5.20. The van der Waals surface area contributed by atoms with Gasteiger partial charge in [0.25, 0.3) is 5.91 Å². The van der Waals surface area contributed by atoms with Gasteiger partial charge in [-0.3, -0.25) is 4.79 Å². The molecule has 0 atom stereocenters. The van der Waals surface area contributed by atoms with Crippen molar-refractivity contribution in [3.63, 3.8) is 0 Å². The molecule has 0 saturated heterocycles. The zero-order valence-electron chi connectivity index (χ0n) is 11.9. The predicted molar refractivity (Wildman–Crippen MR) is 75.7 cm³/mol. The molecule has 2 aromatic carbocycles. The maximum absolute atomic E-state index is 12.7. The van der Waals surface area contributed by atoms with Gasteiger partial charge in [0.05, 0.1) is 12.1 Å². The minimum absolute atomic E-state index is 0.0818. The number of benzene rings is 2. The van der Waals surface area contributed by atoms with E-state index in [2.05, 4.69) is 5.32 Å².